The molecule has 7 rings (SSSR count). The van der Waals surface area contributed by atoms with Gasteiger partial charge in [0.05, 0.1) is 49.7 Å². The molecule has 3 aromatic carbocycles. The fraction of sp³-hybridized carbons (Fsp3) is 0.517. The molecule has 4 heterocycles. The number of primary amides is 1. The molecule has 31 nitrogen and oxygen atoms in total. The van der Waals surface area contributed by atoms with E-state index in [2.05, 4.69) is 41.0 Å². The summed E-state index contributed by atoms with van der Waals surface area (Å²) in [6, 6.07) is 4.09. The number of nitrogens with one attached hydrogen (secondary N) is 5. The molecule has 3 fully saturated rings. The molecule has 0 bridgehead atoms. The topological polar surface area (TPSA) is 481 Å². The van der Waals surface area contributed by atoms with Gasteiger partial charge in [0.2, 0.25) is 41.4 Å². The molecule has 3 aliphatic rings. The van der Waals surface area contributed by atoms with E-state index in [0.29, 0.717) is 27.9 Å². The number of aliphatic hydroxyl groups is 6. The quantitative estimate of drug-likeness (QED) is 0.0151. The average molecular weight is 1340 g/mol. The van der Waals surface area contributed by atoms with E-state index in [1.54, 1.807) is 19.2 Å². The van der Waals surface area contributed by atoms with Gasteiger partial charge in [-0.2, -0.15) is 0 Å². The number of benzene rings is 3. The third-order valence-corrected chi connectivity index (χ3v) is 16.9. The molecule has 496 valence electrons. The van der Waals surface area contributed by atoms with Gasteiger partial charge in [-0.3, -0.25) is 38.4 Å². The van der Waals surface area contributed by atoms with Crippen LogP contribution in [0.5, 0.6) is 17.2 Å². The molecule has 1 aromatic heterocycles. The van der Waals surface area contributed by atoms with Crippen molar-refractivity contribution in [3.8, 4) is 38.4 Å². The molecule has 13 atom stereocenters. The summed E-state index contributed by atoms with van der Waals surface area (Å²) in [5.74, 6) is -11.8. The summed E-state index contributed by atoms with van der Waals surface area (Å²) in [4.78, 5) is 115. The molecule has 0 radical (unpaired) electrons. The van der Waals surface area contributed by atoms with E-state index in [0.717, 1.165) is 79.2 Å². The molecule has 0 spiro atoms. The molecule has 13 unspecified atom stereocenters. The number of β-amino-alcohol motifs (C(OH)–C–C–N with tert-alkyl or cyclic N) is 1. The normalized spacial score (nSPS) is 24.7. The van der Waals surface area contributed by atoms with Crippen molar-refractivity contribution in [3.05, 3.63) is 77.9 Å². The number of unbranched alkanes of at least 4 members (excludes halogenated alkanes) is 4. The number of aliphatic hydroxyl groups excluding tert-OH is 6. The second-order valence-electron chi connectivity index (χ2n) is 22.6. The van der Waals surface area contributed by atoms with E-state index in [1.165, 1.54) is 30.4 Å². The van der Waals surface area contributed by atoms with Crippen LogP contribution in [0.1, 0.15) is 81.1 Å². The van der Waals surface area contributed by atoms with Crippen molar-refractivity contribution in [2.75, 3.05) is 40.0 Å². The summed E-state index contributed by atoms with van der Waals surface area (Å²) in [6.07, 6.45) is -9.07. The van der Waals surface area contributed by atoms with E-state index in [-0.39, 0.29) is 40.7 Å². The molecule has 34 heteroatoms. The van der Waals surface area contributed by atoms with Crippen molar-refractivity contribution in [2.24, 2.45) is 11.7 Å². The van der Waals surface area contributed by atoms with Crippen molar-refractivity contribution >= 4 is 69.0 Å². The molecule has 14 N–H and O–H groups in total. The zero-order valence-corrected chi connectivity index (χ0v) is 54.4. The standard InChI is InChI=1S/C58H76N10O21S2.Na/c1-29-27-68-48(49(29)76)54(81)60-26-35(70)23-38(61-50(77)32-10-12-33(13-11-32)55-65-66-56(90-55)34-14-16-37(17-15-34)88-20-8-6-4-5-7-19-87-3)51(78)62-45(30(2)69)57(82)67-28-36(71)24-39(67)52(79)63-46(53(80)64-47(58(68)83)42(74)25-44(59)75)41(73)21-31-9-18-40(72)43(22-31)89-91(84,85)86;/h9-18,22,29-30,35-36,38-39,41-42,45-49,69-74,76H,4-8,19-21,23-28H2,1-3H3,(H2,59,75)(H,60,81)(H,61,77)(H,62,78)(H,63,79)(H,64,80)(H,84,85,86);/q;+1/p-1. The second kappa shape index (κ2) is 33.7. The van der Waals surface area contributed by atoms with Gasteiger partial charge in [0.15, 0.2) is 11.5 Å². The Kier molecular flexibility index (Phi) is 27.1. The average Bonchev–Trinajstić information content (AvgIpc) is 1.62. The van der Waals surface area contributed by atoms with Crippen LogP contribution in [-0.2, 0) is 55.1 Å². The molecule has 3 saturated heterocycles. The molecule has 92 heavy (non-hydrogen) atoms. The van der Waals surface area contributed by atoms with Gasteiger partial charge in [-0.25, -0.2) is 8.42 Å². The van der Waals surface area contributed by atoms with Gasteiger partial charge in [-0.1, -0.05) is 55.7 Å². The Labute approximate surface area is 555 Å². The van der Waals surface area contributed by atoms with E-state index < -0.39 is 193 Å². The van der Waals surface area contributed by atoms with Crippen LogP contribution in [0.4, 0.5) is 0 Å². The maximum absolute atomic E-state index is 14.7. The number of aromatic hydroxyl groups is 1. The van der Waals surface area contributed by atoms with E-state index in [1.807, 2.05) is 24.3 Å². The number of nitrogens with zero attached hydrogens (tertiary/aromatic N) is 4. The van der Waals surface area contributed by atoms with Crippen LogP contribution >= 0.6 is 11.3 Å². The van der Waals surface area contributed by atoms with Crippen molar-refractivity contribution in [3.63, 3.8) is 0 Å². The number of amides is 8. The second-order valence-corrected chi connectivity index (χ2v) is 24.5. The Morgan fingerprint density at radius 3 is 1.98 bits per heavy atom. The number of ether oxygens (including phenoxy) is 2. The third kappa shape index (κ3) is 20.0. The van der Waals surface area contributed by atoms with Crippen LogP contribution < -0.4 is 70.8 Å². The van der Waals surface area contributed by atoms with Crippen molar-refractivity contribution < 1.29 is 130 Å². The summed E-state index contributed by atoms with van der Waals surface area (Å²) >= 11 is 1.28. The van der Waals surface area contributed by atoms with Gasteiger partial charge < -0.3 is 96.1 Å². The number of carbonyl (C=O) groups is 8. The Bertz CT molecular complexity index is 3350. The number of methoxy groups -OCH3 is 1. The first-order valence-electron chi connectivity index (χ1n) is 29.2. The van der Waals surface area contributed by atoms with Gasteiger partial charge in [-0.05, 0) is 73.9 Å². The minimum atomic E-state index is -5.49. The monoisotopic (exact) mass is 1330 g/mol. The zero-order valence-electron chi connectivity index (χ0n) is 50.8. The Morgan fingerprint density at radius 2 is 1.36 bits per heavy atom. The van der Waals surface area contributed by atoms with E-state index in [9.17, 15) is 87.1 Å². The fourth-order valence-electron chi connectivity index (χ4n) is 10.7. The summed E-state index contributed by atoms with van der Waals surface area (Å²) < 4.78 is 49.6. The molecule has 0 aliphatic carbocycles. The summed E-state index contributed by atoms with van der Waals surface area (Å²) in [5.41, 5.74) is 6.54. The SMILES string of the molecule is COCCCCCCCOc1ccc(-c2nnc(-c3ccc(C(=O)NC4CC(O)CNC(=O)C5C(O)C(C)CN5C(=O)C(C(O)CC(N)=O)NC(=O)C(C(O)Cc5ccc(O)c(OS(=O)(=O)[O-])c5)NC(=O)C5CC(O)CN5C(=O)C(C(C)O)NC4=O)cc3)s2)cc1.[Na+]. The van der Waals surface area contributed by atoms with Crippen LogP contribution in [0, 0.1) is 5.92 Å². The van der Waals surface area contributed by atoms with Crippen molar-refractivity contribution in [1.29, 1.82) is 0 Å². The fourth-order valence-corrected chi connectivity index (χ4v) is 11.9. The number of carbonyl (C=O) groups excluding carboxylic acids is 8. The molecule has 8 amide bonds. The van der Waals surface area contributed by atoms with Crippen LogP contribution in [-0.4, -0.2) is 229 Å². The van der Waals surface area contributed by atoms with E-state index >= 15 is 0 Å². The third-order valence-electron chi connectivity index (χ3n) is 15.5. The Hall–Kier alpha value is -6.99. The number of rotatable bonds is 22. The number of hydrogen-bond acceptors (Lipinski definition) is 24. The first-order valence-corrected chi connectivity index (χ1v) is 31.4. The van der Waals surface area contributed by atoms with Gasteiger partial charge in [-0.15, -0.1) is 10.2 Å². The van der Waals surface area contributed by atoms with Crippen LogP contribution in [0.15, 0.2) is 66.7 Å². The maximum Gasteiger partial charge on any atom is 1.00 e. The predicted molar refractivity (Wildman–Crippen MR) is 318 cm³/mol. The first kappa shape index (κ1) is 74.1. The largest absolute Gasteiger partial charge is 1.00 e. The molecule has 0 saturated carbocycles. The van der Waals surface area contributed by atoms with E-state index in [4.69, 9.17) is 15.2 Å². The number of nitrogens with two attached hydrogens (primary N) is 1. The van der Waals surface area contributed by atoms with Gasteiger partial charge in [0.1, 0.15) is 52.0 Å². The summed E-state index contributed by atoms with van der Waals surface area (Å²) in [6.45, 7) is 2.02. The number of phenols is 1. The summed E-state index contributed by atoms with van der Waals surface area (Å²) in [7, 11) is -3.80. The van der Waals surface area contributed by atoms with Crippen molar-refractivity contribution in [2.45, 2.75) is 145 Å². The first-order chi connectivity index (χ1) is 43.1. The minimum absolute atomic E-state index is 0. The van der Waals surface area contributed by atoms with Crippen molar-refractivity contribution in [1.82, 2.24) is 46.6 Å². The zero-order chi connectivity index (χ0) is 66.4. The predicted octanol–water partition coefficient (Wildman–Crippen LogP) is -5.78. The Balaban J connectivity index is 0.0000134. The Morgan fingerprint density at radius 1 is 0.761 bits per heavy atom. The number of phenolic OH excluding ortho intramolecular Hbond substituents is 1. The van der Waals surface area contributed by atoms with Crippen LogP contribution in [0.3, 0.4) is 0 Å². The minimum Gasteiger partial charge on any atom is -0.716 e. The van der Waals surface area contributed by atoms with Gasteiger partial charge >= 0.3 is 29.6 Å². The van der Waals surface area contributed by atoms with Gasteiger partial charge in [0.25, 0.3) is 16.3 Å². The van der Waals surface area contributed by atoms with Gasteiger partial charge in [0, 0.05) is 75.2 Å². The number of hydrogen-bond donors (Lipinski definition) is 13. The number of aromatic nitrogens is 2. The number of fused-ring (bicyclic) bond motifs is 2. The molecular weight excluding hydrogens is 1260 g/mol. The van der Waals surface area contributed by atoms with Crippen LogP contribution in [0.25, 0.3) is 21.1 Å². The van der Waals surface area contributed by atoms with Crippen LogP contribution in [0.2, 0.25) is 0 Å². The maximum atomic E-state index is 14.7. The smallest absolute Gasteiger partial charge is 0.716 e. The molecular formula is C58H75N10NaO21S2. The summed E-state index contributed by atoms with van der Waals surface area (Å²) in [5, 5.41) is 99.8. The molecule has 4 aromatic rings. The molecule has 3 aliphatic heterocycles.